The summed E-state index contributed by atoms with van der Waals surface area (Å²) in [5.74, 6) is -0.799. The van der Waals surface area contributed by atoms with Gasteiger partial charge < -0.3 is 10.3 Å². The van der Waals surface area contributed by atoms with E-state index in [4.69, 9.17) is 0 Å². The minimum Gasteiger partial charge on any atom is -0.326 e. The van der Waals surface area contributed by atoms with E-state index in [9.17, 15) is 22.8 Å². The molecule has 1 amide bonds. The molecule has 1 atom stereocenters. The highest BCUT2D eigenvalue weighted by atomic mass is 32.2. The number of carbonyl (C=O) groups is 1. The zero-order chi connectivity index (χ0) is 20.5. The number of anilines is 1. The molecule has 9 nitrogen and oxygen atoms in total. The lowest BCUT2D eigenvalue weighted by atomic mass is 9.98. The Morgan fingerprint density at radius 3 is 2.57 bits per heavy atom. The molecule has 1 unspecified atom stereocenters. The van der Waals surface area contributed by atoms with Crippen LogP contribution in [0.5, 0.6) is 0 Å². The molecule has 1 fully saturated rings. The molecule has 150 valence electrons. The average Bonchev–Trinajstić information content (AvgIpc) is 2.62. The molecule has 1 aromatic heterocycles. The Morgan fingerprint density at radius 1 is 1.18 bits per heavy atom. The van der Waals surface area contributed by atoms with E-state index in [1.807, 2.05) is 30.1 Å². The van der Waals surface area contributed by atoms with Crippen molar-refractivity contribution < 1.29 is 13.2 Å². The molecule has 2 heterocycles. The second kappa shape index (κ2) is 7.72. The van der Waals surface area contributed by atoms with Crippen LogP contribution >= 0.6 is 0 Å². The lowest BCUT2D eigenvalue weighted by Crippen LogP contribution is -2.45. The summed E-state index contributed by atoms with van der Waals surface area (Å²) in [5.41, 5.74) is -0.171. The van der Waals surface area contributed by atoms with Crippen LogP contribution in [0, 0.1) is 19.8 Å². The quantitative estimate of drug-likeness (QED) is 0.688. The zero-order valence-electron chi connectivity index (χ0n) is 15.6. The number of piperidine rings is 1. The van der Waals surface area contributed by atoms with Gasteiger partial charge >= 0.3 is 5.69 Å². The van der Waals surface area contributed by atoms with Gasteiger partial charge in [-0.1, -0.05) is 18.2 Å². The van der Waals surface area contributed by atoms with E-state index in [-0.39, 0.29) is 24.7 Å². The van der Waals surface area contributed by atoms with Crippen molar-refractivity contribution >= 4 is 21.6 Å². The molecule has 1 aliphatic heterocycles. The Hall–Kier alpha value is -2.72. The minimum atomic E-state index is -4.15. The third kappa shape index (κ3) is 3.92. The summed E-state index contributed by atoms with van der Waals surface area (Å²) in [4.78, 5) is 39.8. The van der Waals surface area contributed by atoms with E-state index < -0.39 is 32.1 Å². The highest BCUT2D eigenvalue weighted by Gasteiger charge is 2.36. The van der Waals surface area contributed by atoms with E-state index in [1.165, 1.54) is 6.92 Å². The van der Waals surface area contributed by atoms with Gasteiger partial charge in [-0.25, -0.2) is 13.2 Å². The van der Waals surface area contributed by atoms with E-state index in [0.29, 0.717) is 18.5 Å². The molecule has 28 heavy (non-hydrogen) atoms. The lowest BCUT2D eigenvalue weighted by molar-refractivity contribution is -0.120. The summed E-state index contributed by atoms with van der Waals surface area (Å²) < 4.78 is 27.1. The van der Waals surface area contributed by atoms with Gasteiger partial charge in [0.15, 0.2) is 4.90 Å². The Labute approximate surface area is 161 Å². The van der Waals surface area contributed by atoms with Crippen LogP contribution in [0.2, 0.25) is 0 Å². The number of H-pyrrole nitrogens is 2. The van der Waals surface area contributed by atoms with Crippen molar-refractivity contribution in [2.24, 2.45) is 5.92 Å². The number of amides is 1. The number of aromatic nitrogens is 2. The first kappa shape index (κ1) is 20.0. The van der Waals surface area contributed by atoms with Crippen molar-refractivity contribution in [3.05, 3.63) is 56.4 Å². The molecule has 0 bridgehead atoms. The number of sulfonamides is 1. The average molecular weight is 406 g/mol. The smallest absolute Gasteiger partial charge is 0.325 e. The van der Waals surface area contributed by atoms with Crippen LogP contribution < -0.4 is 16.6 Å². The van der Waals surface area contributed by atoms with Crippen LogP contribution in [-0.4, -0.2) is 41.7 Å². The molecule has 0 spiro atoms. The molecular weight excluding hydrogens is 384 g/mol. The normalized spacial score (nSPS) is 18.0. The molecule has 1 aliphatic rings. The monoisotopic (exact) mass is 406 g/mol. The second-order valence-electron chi connectivity index (χ2n) is 6.87. The molecule has 0 radical (unpaired) electrons. The summed E-state index contributed by atoms with van der Waals surface area (Å²) in [7, 11) is -4.15. The Balaban J connectivity index is 1.83. The number of para-hydroxylation sites is 1. The van der Waals surface area contributed by atoms with Crippen molar-refractivity contribution in [2.75, 3.05) is 18.4 Å². The van der Waals surface area contributed by atoms with E-state index in [0.717, 1.165) is 9.87 Å². The van der Waals surface area contributed by atoms with Gasteiger partial charge in [0, 0.05) is 24.5 Å². The molecule has 10 heteroatoms. The Bertz CT molecular complexity index is 1120. The fourth-order valence-electron chi connectivity index (χ4n) is 3.35. The number of benzene rings is 1. The van der Waals surface area contributed by atoms with Crippen LogP contribution in [-0.2, 0) is 14.8 Å². The van der Waals surface area contributed by atoms with Crippen LogP contribution in [0.25, 0.3) is 0 Å². The standard InChI is InChI=1S/C18H22N4O5S/c1-11-6-3-4-8-14(11)20-16(23)13-7-5-9-22(10-13)28(26,27)15-12(2)19-18(25)21-17(15)24/h3-4,6,8,13H,5,7,9-10H2,1-2H3,(H,20,23)(H2,19,21,24,25). The molecule has 0 aliphatic carbocycles. The van der Waals surface area contributed by atoms with Gasteiger partial charge in [-0.05, 0) is 38.3 Å². The van der Waals surface area contributed by atoms with Crippen molar-refractivity contribution in [2.45, 2.75) is 31.6 Å². The summed E-state index contributed by atoms with van der Waals surface area (Å²) in [5, 5.41) is 2.85. The number of aryl methyl sites for hydroxylation is 2. The van der Waals surface area contributed by atoms with Crippen molar-refractivity contribution in [3.63, 3.8) is 0 Å². The van der Waals surface area contributed by atoms with Crippen LogP contribution in [0.3, 0.4) is 0 Å². The summed E-state index contributed by atoms with van der Waals surface area (Å²) in [6.07, 6.45) is 1.04. The topological polar surface area (TPSA) is 132 Å². The van der Waals surface area contributed by atoms with E-state index in [1.54, 1.807) is 6.07 Å². The fraction of sp³-hybridized carbons (Fsp3) is 0.389. The Morgan fingerprint density at radius 2 is 1.89 bits per heavy atom. The third-order valence-electron chi connectivity index (χ3n) is 4.83. The number of hydrogen-bond donors (Lipinski definition) is 3. The van der Waals surface area contributed by atoms with E-state index >= 15 is 0 Å². The van der Waals surface area contributed by atoms with Crippen LogP contribution in [0.15, 0.2) is 38.8 Å². The molecule has 0 saturated carbocycles. The second-order valence-corrected chi connectivity index (χ2v) is 8.74. The zero-order valence-corrected chi connectivity index (χ0v) is 16.4. The molecule has 3 N–H and O–H groups in total. The molecule has 1 aromatic carbocycles. The van der Waals surface area contributed by atoms with Gasteiger partial charge in [0.2, 0.25) is 15.9 Å². The van der Waals surface area contributed by atoms with E-state index in [2.05, 4.69) is 10.3 Å². The fourth-order valence-corrected chi connectivity index (χ4v) is 5.08. The number of rotatable bonds is 4. The highest BCUT2D eigenvalue weighted by molar-refractivity contribution is 7.89. The first-order chi connectivity index (χ1) is 13.2. The largest absolute Gasteiger partial charge is 0.326 e. The first-order valence-electron chi connectivity index (χ1n) is 8.90. The number of nitrogens with one attached hydrogen (secondary N) is 3. The lowest BCUT2D eigenvalue weighted by Gasteiger charge is -2.31. The predicted molar refractivity (Wildman–Crippen MR) is 104 cm³/mol. The summed E-state index contributed by atoms with van der Waals surface area (Å²) >= 11 is 0. The highest BCUT2D eigenvalue weighted by Crippen LogP contribution is 2.24. The van der Waals surface area contributed by atoms with Crippen molar-refractivity contribution in [3.8, 4) is 0 Å². The van der Waals surface area contributed by atoms with Gasteiger partial charge in [0.1, 0.15) is 0 Å². The first-order valence-corrected chi connectivity index (χ1v) is 10.3. The molecule has 1 saturated heterocycles. The number of aromatic amines is 2. The summed E-state index contributed by atoms with van der Waals surface area (Å²) in [6.45, 7) is 3.40. The molecule has 2 aromatic rings. The SMILES string of the molecule is Cc1ccccc1NC(=O)C1CCCN(S(=O)(=O)c2c(C)[nH]c(=O)[nH]c2=O)C1. The molecule has 3 rings (SSSR count). The van der Waals surface area contributed by atoms with Gasteiger partial charge in [-0.15, -0.1) is 0 Å². The van der Waals surface area contributed by atoms with Gasteiger partial charge in [-0.2, -0.15) is 4.31 Å². The van der Waals surface area contributed by atoms with Gasteiger partial charge in [0.25, 0.3) is 5.56 Å². The maximum absolute atomic E-state index is 13.0. The van der Waals surface area contributed by atoms with Gasteiger partial charge in [0.05, 0.1) is 5.92 Å². The number of nitrogens with zero attached hydrogens (tertiary/aromatic N) is 1. The number of carbonyl (C=O) groups excluding carboxylic acids is 1. The summed E-state index contributed by atoms with van der Waals surface area (Å²) in [6, 6.07) is 7.34. The van der Waals surface area contributed by atoms with Crippen LogP contribution in [0.1, 0.15) is 24.1 Å². The minimum absolute atomic E-state index is 0.0276. The predicted octanol–water partition coefficient (Wildman–Crippen LogP) is 0.719. The molecular formula is C18H22N4O5S. The van der Waals surface area contributed by atoms with Gasteiger partial charge in [-0.3, -0.25) is 14.6 Å². The van der Waals surface area contributed by atoms with Crippen molar-refractivity contribution in [1.29, 1.82) is 0 Å². The third-order valence-corrected chi connectivity index (χ3v) is 6.85. The Kier molecular flexibility index (Phi) is 5.52. The number of hydrogen-bond acceptors (Lipinski definition) is 5. The maximum Gasteiger partial charge on any atom is 0.325 e. The van der Waals surface area contributed by atoms with Crippen LogP contribution in [0.4, 0.5) is 5.69 Å². The maximum atomic E-state index is 13.0. The van der Waals surface area contributed by atoms with Crippen molar-refractivity contribution in [1.82, 2.24) is 14.3 Å².